The van der Waals surface area contributed by atoms with Crippen LogP contribution in [0, 0.1) is 0 Å². The van der Waals surface area contributed by atoms with Crippen LogP contribution in [0.3, 0.4) is 0 Å². The lowest BCUT2D eigenvalue weighted by Crippen LogP contribution is -2.42. The molecule has 0 atom stereocenters. The molecule has 2 N–H and O–H groups in total. The zero-order valence-electron chi connectivity index (χ0n) is 10.6. The number of nitrogens with one attached hydrogen (secondary N) is 2. The average Bonchev–Trinajstić information content (AvgIpc) is 2.32. The number of nitrogens with zero attached hydrogens (tertiary/aromatic N) is 1. The molecule has 0 aliphatic carbocycles. The predicted octanol–water partition coefficient (Wildman–Crippen LogP) is 1.47. The van der Waals surface area contributed by atoms with Gasteiger partial charge in [0.1, 0.15) is 0 Å². The number of carbonyl (C=O) groups is 1. The molecular formula is C13H20ClN3O. The maximum absolute atomic E-state index is 10.9. The predicted molar refractivity (Wildman–Crippen MR) is 76.1 cm³/mol. The van der Waals surface area contributed by atoms with Crippen LogP contribution in [0.4, 0.5) is 5.69 Å². The van der Waals surface area contributed by atoms with Crippen LogP contribution in [0.1, 0.15) is 12.5 Å². The van der Waals surface area contributed by atoms with Gasteiger partial charge in [0.2, 0.25) is 5.91 Å². The van der Waals surface area contributed by atoms with E-state index in [9.17, 15) is 4.79 Å². The Hall–Kier alpha value is -1.10. The second-order valence-corrected chi connectivity index (χ2v) is 4.40. The van der Waals surface area contributed by atoms with Crippen molar-refractivity contribution in [3.63, 3.8) is 0 Å². The molecule has 1 heterocycles. The van der Waals surface area contributed by atoms with E-state index in [1.54, 1.807) is 0 Å². The molecule has 1 saturated heterocycles. The number of halogens is 1. The van der Waals surface area contributed by atoms with Crippen molar-refractivity contribution >= 4 is 24.0 Å². The minimum Gasteiger partial charge on any atom is -0.326 e. The van der Waals surface area contributed by atoms with Gasteiger partial charge in [0.05, 0.1) is 0 Å². The zero-order valence-corrected chi connectivity index (χ0v) is 11.4. The Morgan fingerprint density at radius 3 is 2.44 bits per heavy atom. The molecule has 1 fully saturated rings. The molecule has 0 unspecified atom stereocenters. The van der Waals surface area contributed by atoms with Crippen molar-refractivity contribution in [1.29, 1.82) is 0 Å². The van der Waals surface area contributed by atoms with Crippen molar-refractivity contribution in [2.45, 2.75) is 13.5 Å². The molecule has 1 aromatic rings. The van der Waals surface area contributed by atoms with Crippen molar-refractivity contribution < 1.29 is 4.79 Å². The minimum absolute atomic E-state index is 0. The minimum atomic E-state index is -0.0279. The van der Waals surface area contributed by atoms with Crippen molar-refractivity contribution in [3.8, 4) is 0 Å². The lowest BCUT2D eigenvalue weighted by Gasteiger charge is -2.27. The van der Waals surface area contributed by atoms with E-state index in [-0.39, 0.29) is 18.3 Å². The third-order valence-corrected chi connectivity index (χ3v) is 2.89. The Labute approximate surface area is 114 Å². The van der Waals surface area contributed by atoms with E-state index in [1.807, 2.05) is 12.1 Å². The summed E-state index contributed by atoms with van der Waals surface area (Å²) in [5.74, 6) is -0.0279. The zero-order chi connectivity index (χ0) is 12.1. The first-order valence-corrected chi connectivity index (χ1v) is 6.03. The molecule has 100 valence electrons. The second kappa shape index (κ2) is 7.36. The fourth-order valence-corrected chi connectivity index (χ4v) is 2.02. The van der Waals surface area contributed by atoms with Gasteiger partial charge in [0.15, 0.2) is 0 Å². The van der Waals surface area contributed by atoms with Gasteiger partial charge >= 0.3 is 0 Å². The highest BCUT2D eigenvalue weighted by molar-refractivity contribution is 5.88. The maximum Gasteiger partial charge on any atom is 0.221 e. The van der Waals surface area contributed by atoms with E-state index >= 15 is 0 Å². The summed E-state index contributed by atoms with van der Waals surface area (Å²) in [4.78, 5) is 13.3. The topological polar surface area (TPSA) is 44.4 Å². The third-order valence-electron chi connectivity index (χ3n) is 2.89. The first-order chi connectivity index (χ1) is 8.24. The van der Waals surface area contributed by atoms with Gasteiger partial charge in [-0.05, 0) is 17.7 Å². The molecule has 1 aliphatic rings. The van der Waals surface area contributed by atoms with Crippen LogP contribution in [0.2, 0.25) is 0 Å². The molecule has 1 amide bonds. The number of piperazine rings is 1. The van der Waals surface area contributed by atoms with Gasteiger partial charge in [0, 0.05) is 45.3 Å². The van der Waals surface area contributed by atoms with Gasteiger partial charge in [-0.2, -0.15) is 0 Å². The Morgan fingerprint density at radius 2 is 1.89 bits per heavy atom. The largest absolute Gasteiger partial charge is 0.326 e. The summed E-state index contributed by atoms with van der Waals surface area (Å²) in [6.07, 6.45) is 0. The van der Waals surface area contributed by atoms with Gasteiger partial charge in [-0.25, -0.2) is 0 Å². The van der Waals surface area contributed by atoms with E-state index in [0.717, 1.165) is 38.4 Å². The highest BCUT2D eigenvalue weighted by atomic mass is 35.5. The first-order valence-electron chi connectivity index (χ1n) is 6.03. The molecule has 1 aliphatic heterocycles. The van der Waals surface area contributed by atoms with Crippen molar-refractivity contribution in [2.75, 3.05) is 31.5 Å². The fraction of sp³-hybridized carbons (Fsp3) is 0.462. The van der Waals surface area contributed by atoms with Crippen LogP contribution >= 0.6 is 12.4 Å². The van der Waals surface area contributed by atoms with Gasteiger partial charge in [-0.3, -0.25) is 9.69 Å². The standard InChI is InChI=1S/C13H19N3O.ClH/c1-11(17)15-13-4-2-12(3-5-13)10-16-8-6-14-7-9-16;/h2-5,14H,6-10H2,1H3,(H,15,17);1H. The highest BCUT2D eigenvalue weighted by Gasteiger charge is 2.09. The molecule has 18 heavy (non-hydrogen) atoms. The molecular weight excluding hydrogens is 250 g/mol. The SMILES string of the molecule is CC(=O)Nc1ccc(CN2CCNCC2)cc1.Cl. The van der Waals surface area contributed by atoms with Crippen LogP contribution in [0.25, 0.3) is 0 Å². The van der Waals surface area contributed by atoms with E-state index < -0.39 is 0 Å². The monoisotopic (exact) mass is 269 g/mol. The third kappa shape index (κ3) is 4.64. The number of amides is 1. The van der Waals surface area contributed by atoms with Gasteiger partial charge < -0.3 is 10.6 Å². The molecule has 0 spiro atoms. The first kappa shape index (κ1) is 15.0. The summed E-state index contributed by atoms with van der Waals surface area (Å²) in [7, 11) is 0. The van der Waals surface area contributed by atoms with E-state index in [2.05, 4.69) is 27.7 Å². The number of rotatable bonds is 3. The molecule has 0 saturated carbocycles. The summed E-state index contributed by atoms with van der Waals surface area (Å²) in [5.41, 5.74) is 2.16. The summed E-state index contributed by atoms with van der Waals surface area (Å²) < 4.78 is 0. The Bertz CT molecular complexity index is 374. The number of hydrogen-bond acceptors (Lipinski definition) is 3. The van der Waals surface area contributed by atoms with Crippen LogP contribution in [0.15, 0.2) is 24.3 Å². The summed E-state index contributed by atoms with van der Waals surface area (Å²) >= 11 is 0. The molecule has 2 rings (SSSR count). The van der Waals surface area contributed by atoms with E-state index in [1.165, 1.54) is 12.5 Å². The van der Waals surface area contributed by atoms with Crippen molar-refractivity contribution in [3.05, 3.63) is 29.8 Å². The van der Waals surface area contributed by atoms with Gasteiger partial charge in [0.25, 0.3) is 0 Å². The molecule has 0 bridgehead atoms. The molecule has 4 nitrogen and oxygen atoms in total. The normalized spacial score (nSPS) is 15.8. The smallest absolute Gasteiger partial charge is 0.221 e. The van der Waals surface area contributed by atoms with Crippen molar-refractivity contribution in [2.24, 2.45) is 0 Å². The Kier molecular flexibility index (Phi) is 6.12. The quantitative estimate of drug-likeness (QED) is 0.874. The van der Waals surface area contributed by atoms with Crippen molar-refractivity contribution in [1.82, 2.24) is 10.2 Å². The number of benzene rings is 1. The van der Waals surface area contributed by atoms with Crippen LogP contribution in [-0.4, -0.2) is 37.0 Å². The van der Waals surface area contributed by atoms with Gasteiger partial charge in [-0.1, -0.05) is 12.1 Å². The van der Waals surface area contributed by atoms with Crippen LogP contribution in [0.5, 0.6) is 0 Å². The van der Waals surface area contributed by atoms with Gasteiger partial charge in [-0.15, -0.1) is 12.4 Å². The van der Waals surface area contributed by atoms with Crippen LogP contribution in [-0.2, 0) is 11.3 Å². The van der Waals surface area contributed by atoms with Crippen LogP contribution < -0.4 is 10.6 Å². The summed E-state index contributed by atoms with van der Waals surface area (Å²) in [5, 5.41) is 6.12. The number of carbonyl (C=O) groups excluding carboxylic acids is 1. The second-order valence-electron chi connectivity index (χ2n) is 4.40. The van der Waals surface area contributed by atoms with E-state index in [4.69, 9.17) is 0 Å². The fourth-order valence-electron chi connectivity index (χ4n) is 2.02. The highest BCUT2D eigenvalue weighted by Crippen LogP contribution is 2.11. The molecule has 0 aromatic heterocycles. The molecule has 5 heteroatoms. The molecule has 0 radical (unpaired) electrons. The van der Waals surface area contributed by atoms with E-state index in [0.29, 0.717) is 0 Å². The Morgan fingerprint density at radius 1 is 1.28 bits per heavy atom. The number of hydrogen-bond donors (Lipinski definition) is 2. The average molecular weight is 270 g/mol. The maximum atomic E-state index is 10.9. The number of anilines is 1. The Balaban J connectivity index is 0.00000162. The summed E-state index contributed by atoms with van der Waals surface area (Å²) in [6.45, 7) is 6.87. The molecule has 1 aromatic carbocycles. The lowest BCUT2D eigenvalue weighted by atomic mass is 10.2. The summed E-state index contributed by atoms with van der Waals surface area (Å²) in [6, 6.07) is 8.07. The lowest BCUT2D eigenvalue weighted by molar-refractivity contribution is -0.114.